The van der Waals surface area contributed by atoms with Gasteiger partial charge in [0.05, 0.1) is 22.4 Å². The van der Waals surface area contributed by atoms with Gasteiger partial charge in [-0.3, -0.25) is 9.48 Å². The van der Waals surface area contributed by atoms with Crippen LogP contribution in [0.3, 0.4) is 0 Å². The van der Waals surface area contributed by atoms with Crippen molar-refractivity contribution in [3.8, 4) is 0 Å². The van der Waals surface area contributed by atoms with Crippen LogP contribution in [0.4, 0.5) is 0 Å². The lowest BCUT2D eigenvalue weighted by atomic mass is 10.3. The number of carbonyl (C=O) groups excluding carboxylic acids is 1. The van der Waals surface area contributed by atoms with Gasteiger partial charge in [0.15, 0.2) is 5.76 Å². The highest BCUT2D eigenvalue weighted by atomic mass is 79.9. The number of nitrogens with one attached hydrogen (secondary N) is 1. The lowest BCUT2D eigenvalue weighted by molar-refractivity contribution is 0.0919. The van der Waals surface area contributed by atoms with Crippen LogP contribution in [-0.2, 0) is 11.3 Å². The van der Waals surface area contributed by atoms with Crippen LogP contribution < -0.4 is 5.32 Å². The summed E-state index contributed by atoms with van der Waals surface area (Å²) in [6, 6.07) is 3.48. The summed E-state index contributed by atoms with van der Waals surface area (Å²) in [5.41, 5.74) is 1.96. The third kappa shape index (κ3) is 3.98. The van der Waals surface area contributed by atoms with E-state index >= 15 is 0 Å². The number of aryl methyl sites for hydroxylation is 1. The second kappa shape index (κ2) is 7.60. The normalized spacial score (nSPS) is 10.9. The molecule has 2 heterocycles. The van der Waals surface area contributed by atoms with Gasteiger partial charge in [-0.2, -0.15) is 5.10 Å². The third-order valence-corrected chi connectivity index (χ3v) is 4.44. The van der Waals surface area contributed by atoms with Crippen LogP contribution in [-0.4, -0.2) is 35.9 Å². The Labute approximate surface area is 138 Å². The molecular weight excluding hydrogens is 350 g/mol. The molecule has 0 radical (unpaired) electrons. The van der Waals surface area contributed by atoms with Gasteiger partial charge in [-0.1, -0.05) is 0 Å². The maximum absolute atomic E-state index is 11.9. The first-order chi connectivity index (χ1) is 10.5. The number of furan rings is 1. The number of halogens is 1. The maximum Gasteiger partial charge on any atom is 0.286 e. The Bertz CT molecular complexity index is 648. The molecule has 22 heavy (non-hydrogen) atoms. The summed E-state index contributed by atoms with van der Waals surface area (Å²) in [6.45, 7) is 5.60. The molecule has 6 nitrogen and oxygen atoms in total. The number of methoxy groups -OCH3 is 1. The van der Waals surface area contributed by atoms with Crippen molar-refractivity contribution in [3.05, 3.63) is 39.5 Å². The van der Waals surface area contributed by atoms with Gasteiger partial charge in [-0.15, -0.1) is 0 Å². The van der Waals surface area contributed by atoms with E-state index in [9.17, 15) is 4.79 Å². The Balaban J connectivity index is 1.96. The molecule has 0 saturated heterocycles. The van der Waals surface area contributed by atoms with E-state index < -0.39 is 0 Å². The van der Waals surface area contributed by atoms with Crippen molar-refractivity contribution in [2.75, 3.05) is 20.3 Å². The molecule has 0 aromatic carbocycles. The zero-order valence-corrected chi connectivity index (χ0v) is 14.6. The summed E-state index contributed by atoms with van der Waals surface area (Å²) in [4.78, 5) is 11.9. The summed E-state index contributed by atoms with van der Waals surface area (Å²) in [7, 11) is 1.64. The summed E-state index contributed by atoms with van der Waals surface area (Å²) in [6.07, 6.45) is 0.773. The lowest BCUT2D eigenvalue weighted by Gasteiger charge is -2.03. The van der Waals surface area contributed by atoms with E-state index in [0.29, 0.717) is 31.2 Å². The van der Waals surface area contributed by atoms with E-state index in [0.717, 1.165) is 22.3 Å². The number of amides is 1. The molecule has 0 spiro atoms. The summed E-state index contributed by atoms with van der Waals surface area (Å²) >= 11 is 3.49. The van der Waals surface area contributed by atoms with Gasteiger partial charge >= 0.3 is 0 Å². The topological polar surface area (TPSA) is 69.3 Å². The Hall–Kier alpha value is -1.60. The van der Waals surface area contributed by atoms with Crippen molar-refractivity contribution in [1.82, 2.24) is 15.1 Å². The Kier molecular flexibility index (Phi) is 5.79. The SMILES string of the molecule is COCCCNC(=O)c1ccc(Cn2nc(C)c(Br)c2C)o1. The average molecular weight is 370 g/mol. The smallest absolute Gasteiger partial charge is 0.286 e. The van der Waals surface area contributed by atoms with Gasteiger partial charge in [0, 0.05) is 20.3 Å². The molecule has 2 aromatic rings. The number of nitrogens with zero attached hydrogens (tertiary/aromatic N) is 2. The van der Waals surface area contributed by atoms with Crippen LogP contribution in [0.1, 0.15) is 34.1 Å². The zero-order chi connectivity index (χ0) is 16.1. The lowest BCUT2D eigenvalue weighted by Crippen LogP contribution is -2.24. The van der Waals surface area contributed by atoms with E-state index in [-0.39, 0.29) is 5.91 Å². The number of hydrogen-bond donors (Lipinski definition) is 1. The minimum Gasteiger partial charge on any atom is -0.454 e. The number of hydrogen-bond acceptors (Lipinski definition) is 4. The fourth-order valence-electron chi connectivity index (χ4n) is 2.07. The van der Waals surface area contributed by atoms with Crippen LogP contribution >= 0.6 is 15.9 Å². The molecule has 0 unspecified atom stereocenters. The van der Waals surface area contributed by atoms with Crippen molar-refractivity contribution >= 4 is 21.8 Å². The van der Waals surface area contributed by atoms with Crippen molar-refractivity contribution in [2.45, 2.75) is 26.8 Å². The predicted octanol–water partition coefficient (Wildman–Crippen LogP) is 2.67. The first-order valence-corrected chi connectivity index (χ1v) is 7.87. The largest absolute Gasteiger partial charge is 0.454 e. The molecule has 0 aliphatic heterocycles. The summed E-state index contributed by atoms with van der Waals surface area (Å²) < 4.78 is 13.4. The highest BCUT2D eigenvalue weighted by molar-refractivity contribution is 9.10. The van der Waals surface area contributed by atoms with Gasteiger partial charge in [-0.05, 0) is 48.3 Å². The molecule has 0 aliphatic rings. The van der Waals surface area contributed by atoms with Crippen molar-refractivity contribution in [3.63, 3.8) is 0 Å². The minimum absolute atomic E-state index is 0.211. The van der Waals surface area contributed by atoms with Crippen LogP contribution in [0.25, 0.3) is 0 Å². The highest BCUT2D eigenvalue weighted by Crippen LogP contribution is 2.21. The standard InChI is InChI=1S/C15H20BrN3O3/c1-10-14(16)11(2)19(18-10)9-12-5-6-13(22-12)15(20)17-7-4-8-21-3/h5-6H,4,7-9H2,1-3H3,(H,17,20). The van der Waals surface area contributed by atoms with Gasteiger partial charge < -0.3 is 14.5 Å². The number of rotatable bonds is 7. The van der Waals surface area contributed by atoms with E-state index in [1.165, 1.54) is 0 Å². The molecule has 0 aliphatic carbocycles. The molecule has 0 fully saturated rings. The minimum atomic E-state index is -0.211. The number of ether oxygens (including phenoxy) is 1. The molecule has 1 amide bonds. The van der Waals surface area contributed by atoms with Crippen molar-refractivity contribution < 1.29 is 13.9 Å². The molecular formula is C15H20BrN3O3. The van der Waals surface area contributed by atoms with E-state index in [1.807, 2.05) is 18.5 Å². The second-order valence-electron chi connectivity index (χ2n) is 5.01. The van der Waals surface area contributed by atoms with Crippen LogP contribution in [0.2, 0.25) is 0 Å². The molecule has 2 aromatic heterocycles. The van der Waals surface area contributed by atoms with Crippen molar-refractivity contribution in [1.29, 1.82) is 0 Å². The summed E-state index contributed by atoms with van der Waals surface area (Å²) in [5, 5.41) is 7.22. The van der Waals surface area contributed by atoms with Gasteiger partial charge in [0.25, 0.3) is 5.91 Å². The molecule has 0 bridgehead atoms. The first kappa shape index (κ1) is 16.8. The fourth-order valence-corrected chi connectivity index (χ4v) is 2.35. The molecule has 0 atom stereocenters. The Morgan fingerprint density at radius 3 is 2.86 bits per heavy atom. The van der Waals surface area contributed by atoms with Crippen LogP contribution in [0, 0.1) is 13.8 Å². The van der Waals surface area contributed by atoms with Gasteiger partial charge in [0.2, 0.25) is 0 Å². The molecule has 0 saturated carbocycles. The van der Waals surface area contributed by atoms with Crippen LogP contribution in [0.15, 0.2) is 21.0 Å². The monoisotopic (exact) mass is 369 g/mol. The highest BCUT2D eigenvalue weighted by Gasteiger charge is 2.13. The van der Waals surface area contributed by atoms with Crippen molar-refractivity contribution in [2.24, 2.45) is 0 Å². The zero-order valence-electron chi connectivity index (χ0n) is 13.0. The van der Waals surface area contributed by atoms with Crippen LogP contribution in [0.5, 0.6) is 0 Å². The molecule has 7 heteroatoms. The number of aromatic nitrogens is 2. The molecule has 120 valence electrons. The van der Waals surface area contributed by atoms with E-state index in [2.05, 4.69) is 26.3 Å². The Morgan fingerprint density at radius 1 is 1.45 bits per heavy atom. The quantitative estimate of drug-likeness (QED) is 0.761. The predicted molar refractivity (Wildman–Crippen MR) is 86.0 cm³/mol. The third-order valence-electron chi connectivity index (χ3n) is 3.30. The first-order valence-electron chi connectivity index (χ1n) is 7.08. The Morgan fingerprint density at radius 2 is 2.23 bits per heavy atom. The van der Waals surface area contributed by atoms with E-state index in [1.54, 1.807) is 19.2 Å². The number of carbonyl (C=O) groups is 1. The summed E-state index contributed by atoms with van der Waals surface area (Å²) in [5.74, 6) is 0.796. The average Bonchev–Trinajstić information content (AvgIpc) is 3.05. The maximum atomic E-state index is 11.9. The van der Waals surface area contributed by atoms with Gasteiger partial charge in [0.1, 0.15) is 5.76 Å². The molecule has 2 rings (SSSR count). The second-order valence-corrected chi connectivity index (χ2v) is 5.80. The van der Waals surface area contributed by atoms with E-state index in [4.69, 9.17) is 9.15 Å². The van der Waals surface area contributed by atoms with Gasteiger partial charge in [-0.25, -0.2) is 0 Å². The fraction of sp³-hybridized carbons (Fsp3) is 0.467. The molecule has 1 N–H and O–H groups in total.